The SMILES string of the molecule is C[C@@H](O)C1=CNS(C)(=O)=CC1=O. The second-order valence-electron chi connectivity index (χ2n) is 2.78. The van der Waals surface area contributed by atoms with E-state index in [9.17, 15) is 9.00 Å². The van der Waals surface area contributed by atoms with Crippen molar-refractivity contribution in [2.75, 3.05) is 6.26 Å². The number of aliphatic hydroxyl groups excluding tert-OH is 1. The Morgan fingerprint density at radius 3 is 2.67 bits per heavy atom. The maximum absolute atomic E-state index is 11.3. The molecule has 4 nitrogen and oxygen atoms in total. The van der Waals surface area contributed by atoms with Gasteiger partial charge in [0.25, 0.3) is 0 Å². The first-order valence-electron chi connectivity index (χ1n) is 3.46. The summed E-state index contributed by atoms with van der Waals surface area (Å²) in [6.45, 7) is 1.49. The number of aliphatic hydroxyl groups is 1. The molecule has 1 heterocycles. The zero-order valence-electron chi connectivity index (χ0n) is 6.90. The topological polar surface area (TPSA) is 66.4 Å². The van der Waals surface area contributed by atoms with Gasteiger partial charge >= 0.3 is 0 Å². The van der Waals surface area contributed by atoms with Gasteiger partial charge in [0, 0.05) is 18.0 Å². The normalized spacial score (nSPS) is 31.6. The number of hydrogen-bond donors (Lipinski definition) is 2. The third-order valence-electron chi connectivity index (χ3n) is 1.51. The Morgan fingerprint density at radius 2 is 2.25 bits per heavy atom. The van der Waals surface area contributed by atoms with E-state index in [1.54, 1.807) is 0 Å². The molecule has 1 unspecified atom stereocenters. The molecule has 0 saturated carbocycles. The molecule has 0 aromatic heterocycles. The lowest BCUT2D eigenvalue weighted by Gasteiger charge is -2.15. The molecule has 12 heavy (non-hydrogen) atoms. The fourth-order valence-electron chi connectivity index (χ4n) is 0.884. The zero-order chi connectivity index (χ0) is 9.35. The van der Waals surface area contributed by atoms with Gasteiger partial charge in [0.15, 0.2) is 5.78 Å². The average molecular weight is 189 g/mol. The number of Topliss-reactive ketones (excluding diaryl/α,β-unsaturated/α-hetero) is 1. The smallest absolute Gasteiger partial charge is 0.195 e. The van der Waals surface area contributed by atoms with E-state index in [0.717, 1.165) is 5.37 Å². The molecule has 1 aliphatic rings. The van der Waals surface area contributed by atoms with Crippen LogP contribution in [0.2, 0.25) is 0 Å². The standard InChI is InChI=1S/C7H11NO3S/c1-5(9)6-3-8-12(2,11)4-7(6)10/h3-5,9H,1-2H3,(H,8,11)/t5-,12?/m1/s1. The van der Waals surface area contributed by atoms with E-state index in [0.29, 0.717) is 0 Å². The molecule has 0 radical (unpaired) electrons. The van der Waals surface area contributed by atoms with Crippen LogP contribution in [0, 0.1) is 0 Å². The van der Waals surface area contributed by atoms with Gasteiger partial charge in [0.1, 0.15) is 0 Å². The van der Waals surface area contributed by atoms with Gasteiger partial charge in [0.2, 0.25) is 0 Å². The lowest BCUT2D eigenvalue weighted by Crippen LogP contribution is -2.31. The van der Waals surface area contributed by atoms with Crippen LogP contribution in [-0.2, 0) is 14.5 Å². The van der Waals surface area contributed by atoms with Crippen molar-refractivity contribution in [1.29, 1.82) is 0 Å². The van der Waals surface area contributed by atoms with Crippen LogP contribution in [0.3, 0.4) is 0 Å². The van der Waals surface area contributed by atoms with Crippen LogP contribution in [-0.4, -0.2) is 32.8 Å². The van der Waals surface area contributed by atoms with E-state index in [4.69, 9.17) is 5.11 Å². The van der Waals surface area contributed by atoms with Gasteiger partial charge in [-0.25, -0.2) is 4.21 Å². The summed E-state index contributed by atoms with van der Waals surface area (Å²) >= 11 is 0. The summed E-state index contributed by atoms with van der Waals surface area (Å²) in [6, 6.07) is 0. The van der Waals surface area contributed by atoms with E-state index < -0.39 is 15.8 Å². The molecule has 0 bridgehead atoms. The maximum atomic E-state index is 11.3. The van der Waals surface area contributed by atoms with Crippen LogP contribution in [0.4, 0.5) is 0 Å². The van der Waals surface area contributed by atoms with E-state index in [-0.39, 0.29) is 11.4 Å². The highest BCUT2D eigenvalue weighted by Gasteiger charge is 2.18. The first-order valence-corrected chi connectivity index (χ1v) is 5.49. The molecule has 2 N–H and O–H groups in total. The van der Waals surface area contributed by atoms with Crippen molar-refractivity contribution in [3.05, 3.63) is 11.8 Å². The Bertz CT molecular complexity index is 348. The van der Waals surface area contributed by atoms with Crippen LogP contribution in [0.5, 0.6) is 0 Å². The number of hydrogen-bond acceptors (Lipinski definition) is 3. The molecule has 0 spiro atoms. The molecule has 0 aromatic rings. The second kappa shape index (κ2) is 2.91. The summed E-state index contributed by atoms with van der Waals surface area (Å²) in [6.07, 6.45) is 1.92. The van der Waals surface area contributed by atoms with E-state index in [1.807, 2.05) is 0 Å². The van der Waals surface area contributed by atoms with Crippen LogP contribution < -0.4 is 4.72 Å². The molecular formula is C7H11NO3S. The number of nitrogens with one attached hydrogen (secondary N) is 1. The van der Waals surface area contributed by atoms with Crippen LogP contribution in [0.25, 0.3) is 0 Å². The third kappa shape index (κ3) is 1.86. The van der Waals surface area contributed by atoms with Crippen molar-refractivity contribution in [1.82, 2.24) is 4.72 Å². The van der Waals surface area contributed by atoms with Crippen molar-refractivity contribution in [2.45, 2.75) is 13.0 Å². The molecule has 0 aromatic carbocycles. The molecule has 68 valence electrons. The quantitative estimate of drug-likeness (QED) is 0.523. The minimum atomic E-state index is -2.36. The molecular weight excluding hydrogens is 178 g/mol. The van der Waals surface area contributed by atoms with Gasteiger partial charge in [-0.15, -0.1) is 0 Å². The van der Waals surface area contributed by atoms with Crippen molar-refractivity contribution < 1.29 is 14.1 Å². The highest BCUT2D eigenvalue weighted by atomic mass is 32.2. The monoisotopic (exact) mass is 189 g/mol. The molecule has 0 aliphatic carbocycles. The Balaban J connectivity index is 2.99. The number of carbonyl (C=O) groups is 1. The van der Waals surface area contributed by atoms with Gasteiger partial charge in [-0.1, -0.05) is 0 Å². The van der Waals surface area contributed by atoms with E-state index in [2.05, 4.69) is 4.72 Å². The van der Waals surface area contributed by atoms with Gasteiger partial charge in [-0.2, -0.15) is 0 Å². The second-order valence-corrected chi connectivity index (χ2v) is 5.06. The zero-order valence-corrected chi connectivity index (χ0v) is 7.72. The minimum Gasteiger partial charge on any atom is -0.389 e. The van der Waals surface area contributed by atoms with Crippen LogP contribution in [0.1, 0.15) is 6.92 Å². The first kappa shape index (κ1) is 9.28. The van der Waals surface area contributed by atoms with Gasteiger partial charge in [-0.3, -0.25) is 4.79 Å². The van der Waals surface area contributed by atoms with Crippen molar-refractivity contribution in [3.8, 4) is 0 Å². The predicted molar refractivity (Wildman–Crippen MR) is 48.0 cm³/mol. The molecule has 1 aliphatic heterocycles. The highest BCUT2D eigenvalue weighted by Crippen LogP contribution is 2.05. The lowest BCUT2D eigenvalue weighted by atomic mass is 10.1. The molecule has 2 atom stereocenters. The summed E-state index contributed by atoms with van der Waals surface area (Å²) in [5.74, 6) is -0.365. The Labute approximate surface area is 71.4 Å². The Hall–Kier alpha value is -0.810. The summed E-state index contributed by atoms with van der Waals surface area (Å²) in [5.41, 5.74) is 0.246. The summed E-state index contributed by atoms with van der Waals surface area (Å²) < 4.78 is 13.8. The largest absolute Gasteiger partial charge is 0.389 e. The lowest BCUT2D eigenvalue weighted by molar-refractivity contribution is -0.110. The van der Waals surface area contributed by atoms with Gasteiger partial charge in [0.05, 0.1) is 21.2 Å². The summed E-state index contributed by atoms with van der Waals surface area (Å²) in [4.78, 5) is 11.1. The molecule has 5 heteroatoms. The maximum Gasteiger partial charge on any atom is 0.195 e. The number of rotatable bonds is 1. The van der Waals surface area contributed by atoms with Gasteiger partial charge < -0.3 is 9.83 Å². The number of carbonyl (C=O) groups excluding carboxylic acids is 1. The molecule has 1 rings (SSSR count). The molecule has 0 fully saturated rings. The summed E-state index contributed by atoms with van der Waals surface area (Å²) in [7, 11) is -2.36. The highest BCUT2D eigenvalue weighted by molar-refractivity contribution is 8.00. The molecule has 0 amide bonds. The first-order chi connectivity index (χ1) is 5.42. The van der Waals surface area contributed by atoms with Crippen LogP contribution >= 0.6 is 0 Å². The Morgan fingerprint density at radius 1 is 1.67 bits per heavy atom. The summed E-state index contributed by atoms with van der Waals surface area (Å²) in [5, 5.41) is 10.2. The fraction of sp³-hybridized carbons (Fsp3) is 0.429. The van der Waals surface area contributed by atoms with Crippen LogP contribution in [0.15, 0.2) is 11.8 Å². The fourth-order valence-corrected chi connectivity index (χ4v) is 1.86. The van der Waals surface area contributed by atoms with E-state index in [1.165, 1.54) is 19.4 Å². The molecule has 0 saturated heterocycles. The van der Waals surface area contributed by atoms with Crippen molar-refractivity contribution in [3.63, 3.8) is 0 Å². The third-order valence-corrected chi connectivity index (χ3v) is 2.76. The average Bonchev–Trinajstić information content (AvgIpc) is 1.83. The predicted octanol–water partition coefficient (Wildman–Crippen LogP) is -0.945. The van der Waals surface area contributed by atoms with E-state index >= 15 is 0 Å². The van der Waals surface area contributed by atoms with Gasteiger partial charge in [-0.05, 0) is 6.92 Å². The minimum absolute atomic E-state index is 0.246. The van der Waals surface area contributed by atoms with Crippen molar-refractivity contribution >= 4 is 20.9 Å². The number of ketones is 1. The Kier molecular flexibility index (Phi) is 2.25. The van der Waals surface area contributed by atoms with Crippen molar-refractivity contribution in [2.24, 2.45) is 0 Å².